The molecule has 0 bridgehead atoms. The molecule has 1 amide bonds. The van der Waals surface area contributed by atoms with Crippen molar-refractivity contribution in [1.29, 1.82) is 0 Å². The maximum atomic E-state index is 11.0. The molecule has 0 aliphatic heterocycles. The summed E-state index contributed by atoms with van der Waals surface area (Å²) in [6, 6.07) is 0. The molecule has 0 radical (unpaired) electrons. The van der Waals surface area contributed by atoms with Crippen LogP contribution in [0.25, 0.3) is 0 Å². The quantitative estimate of drug-likeness (QED) is 0.654. The summed E-state index contributed by atoms with van der Waals surface area (Å²) < 4.78 is 0. The van der Waals surface area contributed by atoms with Crippen molar-refractivity contribution in [2.24, 2.45) is 0 Å². The number of amides is 1. The largest absolute Gasteiger partial charge is 0.356 e. The molecule has 0 saturated carbocycles. The molecule has 12 heavy (non-hydrogen) atoms. The number of hydrogen-bond donors (Lipinski definition) is 1. The lowest BCUT2D eigenvalue weighted by Crippen LogP contribution is -2.25. The number of nitrogens with one attached hydrogen (secondary N) is 1. The van der Waals surface area contributed by atoms with E-state index >= 15 is 0 Å². The average molecular weight is 171 g/mol. The Bertz CT molecular complexity index is 155. The second kappa shape index (κ2) is 6.83. The van der Waals surface area contributed by atoms with Crippen molar-refractivity contribution in [1.82, 2.24) is 5.32 Å². The van der Waals surface area contributed by atoms with Gasteiger partial charge in [0.05, 0.1) is 0 Å². The Hall–Kier alpha value is -0.860. The van der Waals surface area contributed by atoms with Crippen molar-refractivity contribution in [2.75, 3.05) is 6.54 Å². The highest BCUT2D eigenvalue weighted by molar-refractivity contribution is 5.78. The zero-order chi connectivity index (χ0) is 9.40. The summed E-state index contributed by atoms with van der Waals surface area (Å²) in [4.78, 5) is 21.4. The highest BCUT2D eigenvalue weighted by Gasteiger charge is 1.99. The highest BCUT2D eigenvalue weighted by Crippen LogP contribution is 1.92. The number of carbonyl (C=O) groups excluding carboxylic acids is 2. The van der Waals surface area contributed by atoms with Crippen LogP contribution in [0, 0.1) is 0 Å². The zero-order valence-electron chi connectivity index (χ0n) is 7.85. The number of ketones is 1. The first-order chi connectivity index (χ1) is 5.66. The molecule has 0 fully saturated rings. The summed E-state index contributed by atoms with van der Waals surface area (Å²) in [7, 11) is 0. The van der Waals surface area contributed by atoms with Crippen molar-refractivity contribution in [3.8, 4) is 0 Å². The van der Waals surface area contributed by atoms with Gasteiger partial charge in [-0.3, -0.25) is 9.59 Å². The molecule has 0 spiro atoms. The van der Waals surface area contributed by atoms with E-state index in [0.29, 0.717) is 19.4 Å². The standard InChI is InChI=1S/C9H17NO2/c1-3-4-5-9(12)10-7-6-8(2)11/h3-7H2,1-2H3,(H,10,12). The molecular weight excluding hydrogens is 154 g/mol. The molecule has 0 aromatic heterocycles. The number of Topliss-reactive ketones (excluding diaryl/α,β-unsaturated/α-hetero) is 1. The molecule has 3 nitrogen and oxygen atoms in total. The predicted molar refractivity (Wildman–Crippen MR) is 47.8 cm³/mol. The summed E-state index contributed by atoms with van der Waals surface area (Å²) in [6.45, 7) is 4.05. The molecule has 0 aliphatic carbocycles. The zero-order valence-corrected chi connectivity index (χ0v) is 7.85. The minimum atomic E-state index is 0.0538. The van der Waals surface area contributed by atoms with Crippen LogP contribution in [0.5, 0.6) is 0 Å². The van der Waals surface area contributed by atoms with Gasteiger partial charge in [0.2, 0.25) is 5.91 Å². The summed E-state index contributed by atoms with van der Waals surface area (Å²) in [6.07, 6.45) is 2.97. The smallest absolute Gasteiger partial charge is 0.220 e. The van der Waals surface area contributed by atoms with Crippen LogP contribution < -0.4 is 5.32 Å². The highest BCUT2D eigenvalue weighted by atomic mass is 16.1. The lowest BCUT2D eigenvalue weighted by Gasteiger charge is -2.01. The first-order valence-electron chi connectivity index (χ1n) is 4.43. The van der Waals surface area contributed by atoms with Crippen LogP contribution in [-0.2, 0) is 9.59 Å². The van der Waals surface area contributed by atoms with Crippen LogP contribution in [0.1, 0.15) is 39.5 Å². The second-order valence-electron chi connectivity index (χ2n) is 2.91. The number of rotatable bonds is 6. The van der Waals surface area contributed by atoms with Crippen LogP contribution in [0.2, 0.25) is 0 Å². The SMILES string of the molecule is CCCCC(=O)NCCC(C)=O. The molecule has 1 N–H and O–H groups in total. The third-order valence-corrected chi connectivity index (χ3v) is 1.56. The van der Waals surface area contributed by atoms with Crippen molar-refractivity contribution in [3.05, 3.63) is 0 Å². The van der Waals surface area contributed by atoms with E-state index in [0.717, 1.165) is 12.8 Å². The summed E-state index contributed by atoms with van der Waals surface area (Å²) in [5.74, 6) is 0.170. The second-order valence-corrected chi connectivity index (χ2v) is 2.91. The molecule has 0 aromatic rings. The van der Waals surface area contributed by atoms with Crippen molar-refractivity contribution >= 4 is 11.7 Å². The van der Waals surface area contributed by atoms with Crippen LogP contribution in [0.15, 0.2) is 0 Å². The molecule has 0 atom stereocenters. The maximum Gasteiger partial charge on any atom is 0.220 e. The van der Waals surface area contributed by atoms with Crippen molar-refractivity contribution < 1.29 is 9.59 Å². The van der Waals surface area contributed by atoms with E-state index in [1.165, 1.54) is 6.92 Å². The van der Waals surface area contributed by atoms with Gasteiger partial charge in [0.1, 0.15) is 5.78 Å². The Morgan fingerprint density at radius 3 is 2.42 bits per heavy atom. The van der Waals surface area contributed by atoms with Gasteiger partial charge in [-0.15, -0.1) is 0 Å². The molecule has 0 rings (SSSR count). The fourth-order valence-corrected chi connectivity index (χ4v) is 0.804. The molecule has 0 saturated heterocycles. The fraction of sp³-hybridized carbons (Fsp3) is 0.778. The van der Waals surface area contributed by atoms with Gasteiger partial charge in [-0.1, -0.05) is 13.3 Å². The minimum Gasteiger partial charge on any atom is -0.356 e. The topological polar surface area (TPSA) is 46.2 Å². The molecule has 3 heteroatoms. The van der Waals surface area contributed by atoms with E-state index in [9.17, 15) is 9.59 Å². The number of carbonyl (C=O) groups is 2. The van der Waals surface area contributed by atoms with Crippen LogP contribution in [0.4, 0.5) is 0 Å². The van der Waals surface area contributed by atoms with E-state index in [4.69, 9.17) is 0 Å². The van der Waals surface area contributed by atoms with Gasteiger partial charge < -0.3 is 5.32 Å². The van der Waals surface area contributed by atoms with Gasteiger partial charge in [-0.05, 0) is 13.3 Å². The molecular formula is C9H17NO2. The Morgan fingerprint density at radius 2 is 1.92 bits per heavy atom. The Balaban J connectivity index is 3.25. The Kier molecular flexibility index (Phi) is 6.34. The number of unbranched alkanes of at least 4 members (excludes halogenated alkanes) is 1. The summed E-state index contributed by atoms with van der Waals surface area (Å²) in [5, 5.41) is 2.69. The molecule has 0 heterocycles. The van der Waals surface area contributed by atoms with E-state index in [1.54, 1.807) is 0 Å². The average Bonchev–Trinajstić information content (AvgIpc) is 2.00. The third kappa shape index (κ3) is 7.25. The van der Waals surface area contributed by atoms with Crippen LogP contribution >= 0.6 is 0 Å². The van der Waals surface area contributed by atoms with Gasteiger partial charge in [0.15, 0.2) is 0 Å². The Labute approximate surface area is 73.5 Å². The Morgan fingerprint density at radius 1 is 1.25 bits per heavy atom. The molecule has 70 valence electrons. The van der Waals surface area contributed by atoms with Crippen LogP contribution in [-0.4, -0.2) is 18.2 Å². The first kappa shape index (κ1) is 11.1. The number of hydrogen-bond acceptors (Lipinski definition) is 2. The van der Waals surface area contributed by atoms with Gasteiger partial charge in [0, 0.05) is 19.4 Å². The van der Waals surface area contributed by atoms with Crippen molar-refractivity contribution in [2.45, 2.75) is 39.5 Å². The molecule has 0 unspecified atom stereocenters. The van der Waals surface area contributed by atoms with Gasteiger partial charge >= 0.3 is 0 Å². The maximum absolute atomic E-state index is 11.0. The van der Waals surface area contributed by atoms with Gasteiger partial charge in [-0.2, -0.15) is 0 Å². The molecule has 0 aromatic carbocycles. The summed E-state index contributed by atoms with van der Waals surface area (Å²) in [5.41, 5.74) is 0. The lowest BCUT2D eigenvalue weighted by molar-refractivity contribution is -0.121. The minimum absolute atomic E-state index is 0.0538. The van der Waals surface area contributed by atoms with Crippen molar-refractivity contribution in [3.63, 3.8) is 0 Å². The third-order valence-electron chi connectivity index (χ3n) is 1.56. The van der Waals surface area contributed by atoms with E-state index in [-0.39, 0.29) is 11.7 Å². The van der Waals surface area contributed by atoms with Gasteiger partial charge in [-0.25, -0.2) is 0 Å². The first-order valence-corrected chi connectivity index (χ1v) is 4.43. The lowest BCUT2D eigenvalue weighted by atomic mass is 10.2. The fourth-order valence-electron chi connectivity index (χ4n) is 0.804. The predicted octanol–water partition coefficient (Wildman–Crippen LogP) is 1.27. The van der Waals surface area contributed by atoms with E-state index in [2.05, 4.69) is 5.32 Å². The monoisotopic (exact) mass is 171 g/mol. The molecule has 0 aliphatic rings. The summed E-state index contributed by atoms with van der Waals surface area (Å²) >= 11 is 0. The van der Waals surface area contributed by atoms with E-state index < -0.39 is 0 Å². The van der Waals surface area contributed by atoms with Crippen LogP contribution in [0.3, 0.4) is 0 Å². The van der Waals surface area contributed by atoms with E-state index in [1.807, 2.05) is 6.92 Å². The van der Waals surface area contributed by atoms with Gasteiger partial charge in [0.25, 0.3) is 0 Å². The normalized spacial score (nSPS) is 9.50.